The lowest BCUT2D eigenvalue weighted by atomic mass is 9.47. The number of hydrogen-bond acceptors (Lipinski definition) is 4. The Morgan fingerprint density at radius 2 is 1.60 bits per heavy atom. The van der Waals surface area contributed by atoms with Crippen molar-refractivity contribution >= 4 is 11.6 Å². The number of carbonyl (C=O) groups excluding carboxylic acids is 2. The molecular formula is C26H34O4. The molecule has 4 heteroatoms. The molecular weight excluding hydrogens is 376 g/mol. The average molecular weight is 411 g/mol. The second-order valence-electron chi connectivity index (χ2n) is 10.1. The molecule has 0 spiro atoms. The second-order valence-corrected chi connectivity index (χ2v) is 10.1. The first-order valence-corrected chi connectivity index (χ1v) is 11.4. The predicted octanol–water partition coefficient (Wildman–Crippen LogP) is 5.49. The van der Waals surface area contributed by atoms with E-state index in [-0.39, 0.29) is 16.6 Å². The van der Waals surface area contributed by atoms with Crippen molar-refractivity contribution in [3.05, 3.63) is 35.9 Å². The maximum absolute atomic E-state index is 12.4. The van der Waals surface area contributed by atoms with Gasteiger partial charge in [-0.25, -0.2) is 0 Å². The lowest BCUT2D eigenvalue weighted by Gasteiger charge is -2.56. The van der Waals surface area contributed by atoms with Crippen molar-refractivity contribution in [3.63, 3.8) is 0 Å². The molecule has 0 radical (unpaired) electrons. The van der Waals surface area contributed by atoms with Gasteiger partial charge in [0.15, 0.2) is 5.78 Å². The third-order valence-corrected chi connectivity index (χ3v) is 8.74. The monoisotopic (exact) mass is 410 g/mol. The molecule has 4 aliphatic carbocycles. The van der Waals surface area contributed by atoms with E-state index in [0.29, 0.717) is 29.3 Å². The van der Waals surface area contributed by atoms with Gasteiger partial charge in [-0.2, -0.15) is 0 Å². The molecule has 5 atom stereocenters. The summed E-state index contributed by atoms with van der Waals surface area (Å²) in [6.45, 7) is 4.64. The van der Waals surface area contributed by atoms with Gasteiger partial charge in [0, 0.05) is 18.3 Å². The highest BCUT2D eigenvalue weighted by Crippen LogP contribution is 2.64. The van der Waals surface area contributed by atoms with Crippen LogP contribution in [0.25, 0.3) is 0 Å². The van der Waals surface area contributed by atoms with Crippen LogP contribution in [-0.4, -0.2) is 23.8 Å². The molecule has 0 bridgehead atoms. The van der Waals surface area contributed by atoms with Gasteiger partial charge in [-0.15, -0.1) is 0 Å². The Balaban J connectivity index is 0.000000204. The number of fused-ring (bicyclic) bond motifs is 5. The van der Waals surface area contributed by atoms with Crippen LogP contribution in [0.15, 0.2) is 35.9 Å². The minimum atomic E-state index is -0.0246. The first-order chi connectivity index (χ1) is 14.3. The van der Waals surface area contributed by atoms with Crippen molar-refractivity contribution in [3.8, 4) is 11.5 Å². The number of phenolic OH excluding ortho intramolecular Hbond substituents is 1. The number of aromatic hydroxyl groups is 1. The number of rotatable bonds is 1. The Bertz CT molecular complexity index is 854. The van der Waals surface area contributed by atoms with E-state index in [0.717, 1.165) is 44.3 Å². The molecule has 1 N–H and O–H groups in total. The number of hydrogen-bond donors (Lipinski definition) is 1. The van der Waals surface area contributed by atoms with E-state index in [1.165, 1.54) is 18.4 Å². The predicted molar refractivity (Wildman–Crippen MR) is 116 cm³/mol. The minimum absolute atomic E-state index is 0.0246. The highest BCUT2D eigenvalue weighted by Gasteiger charge is 2.58. The van der Waals surface area contributed by atoms with Crippen LogP contribution in [0.3, 0.4) is 0 Å². The topological polar surface area (TPSA) is 63.6 Å². The number of carbonyl (C=O) groups is 2. The number of allylic oxidation sites excluding steroid dienone is 1. The number of phenols is 1. The Morgan fingerprint density at radius 1 is 0.900 bits per heavy atom. The van der Waals surface area contributed by atoms with Gasteiger partial charge < -0.3 is 9.84 Å². The average Bonchev–Trinajstić information content (AvgIpc) is 3.04. The summed E-state index contributed by atoms with van der Waals surface area (Å²) >= 11 is 0. The minimum Gasteiger partial charge on any atom is -0.508 e. The van der Waals surface area contributed by atoms with Gasteiger partial charge in [-0.05, 0) is 92.0 Å². The van der Waals surface area contributed by atoms with Crippen LogP contribution in [0.4, 0.5) is 0 Å². The Morgan fingerprint density at radius 3 is 2.30 bits per heavy atom. The van der Waals surface area contributed by atoms with Crippen molar-refractivity contribution in [2.24, 2.45) is 28.6 Å². The van der Waals surface area contributed by atoms with Crippen LogP contribution >= 0.6 is 0 Å². The van der Waals surface area contributed by atoms with E-state index in [1.54, 1.807) is 31.4 Å². The molecule has 0 aliphatic heterocycles. The number of methoxy groups -OCH3 is 1. The summed E-state index contributed by atoms with van der Waals surface area (Å²) in [6, 6.07) is 6.57. The molecule has 0 heterocycles. The fraction of sp³-hybridized carbons (Fsp3) is 0.615. The summed E-state index contributed by atoms with van der Waals surface area (Å²) in [7, 11) is 1.59. The van der Waals surface area contributed by atoms with E-state index >= 15 is 0 Å². The van der Waals surface area contributed by atoms with Crippen LogP contribution in [0, 0.1) is 28.6 Å². The number of Topliss-reactive ketones (excluding diaryl/α,β-unsaturated/α-hetero) is 1. The Labute approximate surface area is 179 Å². The van der Waals surface area contributed by atoms with Crippen LogP contribution in [0.1, 0.15) is 65.2 Å². The van der Waals surface area contributed by atoms with Gasteiger partial charge in [0.05, 0.1) is 7.11 Å². The van der Waals surface area contributed by atoms with Gasteiger partial charge in [-0.1, -0.05) is 19.4 Å². The first kappa shape index (κ1) is 21.1. The fourth-order valence-electron chi connectivity index (χ4n) is 6.91. The third-order valence-electron chi connectivity index (χ3n) is 8.74. The van der Waals surface area contributed by atoms with E-state index in [9.17, 15) is 9.59 Å². The second kappa shape index (κ2) is 7.86. The zero-order valence-corrected chi connectivity index (χ0v) is 18.4. The standard InChI is InChI=1S/C19H26O2.C7H8O2/c1-18-9-7-13(20)11-12(18)3-4-14-15-5-6-17(21)19(15,2)10-8-16(14)18;1-9-7-4-2-6(8)3-5-7/h11,14-16H,3-10H2,1-2H3;2-5,8H,1H3/t14-,15-,16-,18-,19-;/m0./s1. The van der Waals surface area contributed by atoms with Crippen molar-refractivity contribution in [1.29, 1.82) is 0 Å². The molecule has 3 saturated carbocycles. The summed E-state index contributed by atoms with van der Waals surface area (Å²) in [6.07, 6.45) is 10.2. The highest BCUT2D eigenvalue weighted by molar-refractivity contribution is 5.91. The van der Waals surface area contributed by atoms with Crippen LogP contribution in [0.5, 0.6) is 11.5 Å². The van der Waals surface area contributed by atoms with E-state index in [4.69, 9.17) is 9.84 Å². The Hall–Kier alpha value is -2.10. The smallest absolute Gasteiger partial charge is 0.155 e. The first-order valence-electron chi connectivity index (χ1n) is 11.4. The third kappa shape index (κ3) is 3.48. The molecule has 5 rings (SSSR count). The van der Waals surface area contributed by atoms with Crippen LogP contribution < -0.4 is 4.74 Å². The van der Waals surface area contributed by atoms with Crippen molar-refractivity contribution in [2.45, 2.75) is 65.2 Å². The molecule has 0 saturated heterocycles. The number of ether oxygens (including phenoxy) is 1. The molecule has 4 aliphatic rings. The van der Waals surface area contributed by atoms with E-state index < -0.39 is 0 Å². The molecule has 1 aromatic carbocycles. The van der Waals surface area contributed by atoms with Crippen molar-refractivity contribution in [2.75, 3.05) is 7.11 Å². The largest absolute Gasteiger partial charge is 0.508 e. The summed E-state index contributed by atoms with van der Waals surface area (Å²) in [5, 5.41) is 8.80. The van der Waals surface area contributed by atoms with Gasteiger partial charge in [-0.3, -0.25) is 9.59 Å². The molecule has 0 unspecified atom stereocenters. The fourth-order valence-corrected chi connectivity index (χ4v) is 6.91. The maximum Gasteiger partial charge on any atom is 0.155 e. The van der Waals surface area contributed by atoms with Crippen LogP contribution in [0.2, 0.25) is 0 Å². The lowest BCUT2D eigenvalue weighted by molar-refractivity contribution is -0.132. The highest BCUT2D eigenvalue weighted by atomic mass is 16.5. The lowest BCUT2D eigenvalue weighted by Crippen LogP contribution is -2.50. The quantitative estimate of drug-likeness (QED) is 0.665. The van der Waals surface area contributed by atoms with Gasteiger partial charge in [0.2, 0.25) is 0 Å². The summed E-state index contributed by atoms with van der Waals surface area (Å²) in [5.41, 5.74) is 1.64. The van der Waals surface area contributed by atoms with Crippen LogP contribution in [-0.2, 0) is 9.59 Å². The van der Waals surface area contributed by atoms with Gasteiger partial charge in [0.25, 0.3) is 0 Å². The van der Waals surface area contributed by atoms with E-state index in [2.05, 4.69) is 13.8 Å². The SMILES string of the molecule is COc1ccc(O)cc1.C[C@]12CCC(=O)C=C1CC[C@@H]1[C@@H]2CC[C@]2(C)C(=O)CC[C@@H]12. The molecule has 30 heavy (non-hydrogen) atoms. The zero-order chi connectivity index (χ0) is 21.5. The summed E-state index contributed by atoms with van der Waals surface area (Å²) in [5.74, 6) is 3.90. The molecule has 1 aromatic rings. The van der Waals surface area contributed by atoms with Gasteiger partial charge >= 0.3 is 0 Å². The summed E-state index contributed by atoms with van der Waals surface area (Å²) < 4.78 is 4.86. The van der Waals surface area contributed by atoms with E-state index in [1.807, 2.05) is 6.08 Å². The molecule has 4 nitrogen and oxygen atoms in total. The zero-order valence-electron chi connectivity index (χ0n) is 18.4. The van der Waals surface area contributed by atoms with Crippen molar-refractivity contribution < 1.29 is 19.4 Å². The Kier molecular flexibility index (Phi) is 5.54. The number of benzene rings is 1. The number of ketones is 2. The van der Waals surface area contributed by atoms with Gasteiger partial charge in [0.1, 0.15) is 17.3 Å². The molecule has 0 amide bonds. The molecule has 3 fully saturated rings. The normalized spacial score (nSPS) is 37.2. The molecule has 162 valence electrons. The summed E-state index contributed by atoms with van der Waals surface area (Å²) in [4.78, 5) is 24.1. The van der Waals surface area contributed by atoms with Crippen molar-refractivity contribution in [1.82, 2.24) is 0 Å². The maximum atomic E-state index is 12.4. The molecule has 0 aromatic heterocycles.